The first kappa shape index (κ1) is 10.2. The van der Waals surface area contributed by atoms with E-state index in [1.807, 2.05) is 18.3 Å². The van der Waals surface area contributed by atoms with Gasteiger partial charge in [-0.25, -0.2) is 0 Å². The lowest BCUT2D eigenvalue weighted by Gasteiger charge is -2.01. The summed E-state index contributed by atoms with van der Waals surface area (Å²) in [6.07, 6.45) is 2.93. The van der Waals surface area contributed by atoms with Crippen LogP contribution in [0.15, 0.2) is 24.4 Å². The van der Waals surface area contributed by atoms with E-state index in [2.05, 4.69) is 24.9 Å². The highest BCUT2D eigenvalue weighted by Gasteiger charge is 1.95. The van der Waals surface area contributed by atoms with Crippen LogP contribution >= 0.6 is 0 Å². The Morgan fingerprint density at radius 3 is 2.55 bits per heavy atom. The average Bonchev–Trinajstić information content (AvgIpc) is 1.88. The molecule has 0 bridgehead atoms. The van der Waals surface area contributed by atoms with Crippen LogP contribution in [0.3, 0.4) is 0 Å². The third-order valence-electron chi connectivity index (χ3n) is 1.34. The van der Waals surface area contributed by atoms with E-state index in [9.17, 15) is 0 Å². The predicted octanol–water partition coefficient (Wildman–Crippen LogP) is 2.92. The molecule has 1 rings (SSSR count). The second-order valence-corrected chi connectivity index (χ2v) is 2.92. The van der Waals surface area contributed by atoms with E-state index in [4.69, 9.17) is 0 Å². The lowest BCUT2D eigenvalue weighted by molar-refractivity contribution is 0.635. The first-order valence-electron chi connectivity index (χ1n) is 3.69. The maximum absolute atomic E-state index is 4.22. The third kappa shape index (κ3) is 3.76. The van der Waals surface area contributed by atoms with Crippen molar-refractivity contribution in [3.8, 4) is 0 Å². The molecule has 11 heavy (non-hydrogen) atoms. The minimum Gasteiger partial charge on any atom is -0.261 e. The van der Waals surface area contributed by atoms with E-state index >= 15 is 0 Å². The van der Waals surface area contributed by atoms with Crippen molar-refractivity contribution in [2.75, 3.05) is 0 Å². The van der Waals surface area contributed by atoms with Crippen LogP contribution in [-0.4, -0.2) is 4.98 Å². The van der Waals surface area contributed by atoms with Crippen molar-refractivity contribution in [2.24, 2.45) is 5.92 Å². The first-order chi connectivity index (χ1) is 4.79. The van der Waals surface area contributed by atoms with Crippen molar-refractivity contribution in [1.29, 1.82) is 0 Å². The largest absolute Gasteiger partial charge is 0.261 e. The quantitative estimate of drug-likeness (QED) is 0.633. The van der Waals surface area contributed by atoms with Crippen LogP contribution < -0.4 is 0 Å². The monoisotopic (exact) mass is 151 g/mol. The lowest BCUT2D eigenvalue weighted by Crippen LogP contribution is -1.95. The minimum atomic E-state index is 0. The van der Waals surface area contributed by atoms with Gasteiger partial charge in [-0.15, -0.1) is 0 Å². The molecule has 0 aliphatic carbocycles. The fraction of sp³-hybridized carbons (Fsp3) is 0.500. The molecule has 0 aliphatic heterocycles. The summed E-state index contributed by atoms with van der Waals surface area (Å²) in [6, 6.07) is 6.05. The molecule has 0 fully saturated rings. The van der Waals surface area contributed by atoms with Crippen molar-refractivity contribution in [2.45, 2.75) is 27.7 Å². The molecule has 0 amide bonds. The summed E-state index contributed by atoms with van der Waals surface area (Å²) >= 11 is 0. The Morgan fingerprint density at radius 2 is 2.09 bits per heavy atom. The molecule has 0 saturated heterocycles. The van der Waals surface area contributed by atoms with Crippen molar-refractivity contribution < 1.29 is 0 Å². The fourth-order valence-electron chi connectivity index (χ4n) is 0.937. The van der Waals surface area contributed by atoms with Gasteiger partial charge in [-0.2, -0.15) is 0 Å². The highest BCUT2D eigenvalue weighted by atomic mass is 14.7. The second-order valence-electron chi connectivity index (χ2n) is 2.92. The molecule has 0 radical (unpaired) electrons. The first-order valence-corrected chi connectivity index (χ1v) is 3.69. The number of rotatable bonds is 2. The van der Waals surface area contributed by atoms with Gasteiger partial charge < -0.3 is 0 Å². The van der Waals surface area contributed by atoms with Gasteiger partial charge in [0.05, 0.1) is 0 Å². The number of aromatic nitrogens is 1. The van der Waals surface area contributed by atoms with Crippen LogP contribution in [0.5, 0.6) is 0 Å². The molecule has 0 aliphatic rings. The molecule has 1 nitrogen and oxygen atoms in total. The molecule has 0 aromatic carbocycles. The SMILES string of the molecule is C.CC(C)Cc1ccccn1. The zero-order valence-electron chi connectivity index (χ0n) is 6.54. The molecular formula is C10H17N. The van der Waals surface area contributed by atoms with Gasteiger partial charge in [-0.05, 0) is 24.5 Å². The summed E-state index contributed by atoms with van der Waals surface area (Å²) < 4.78 is 0. The van der Waals surface area contributed by atoms with E-state index < -0.39 is 0 Å². The van der Waals surface area contributed by atoms with E-state index in [0.29, 0.717) is 5.92 Å². The average molecular weight is 151 g/mol. The van der Waals surface area contributed by atoms with Crippen molar-refractivity contribution in [1.82, 2.24) is 4.98 Å². The van der Waals surface area contributed by atoms with E-state index in [0.717, 1.165) is 6.42 Å². The van der Waals surface area contributed by atoms with Gasteiger partial charge in [0.25, 0.3) is 0 Å². The summed E-state index contributed by atoms with van der Waals surface area (Å²) in [7, 11) is 0. The van der Waals surface area contributed by atoms with Crippen LogP contribution in [-0.2, 0) is 6.42 Å². The molecular weight excluding hydrogens is 134 g/mol. The van der Waals surface area contributed by atoms with Crippen LogP contribution in [0.2, 0.25) is 0 Å². The van der Waals surface area contributed by atoms with Gasteiger partial charge in [0.2, 0.25) is 0 Å². The molecule has 1 aromatic heterocycles. The molecule has 0 atom stereocenters. The second kappa shape index (κ2) is 4.89. The topological polar surface area (TPSA) is 12.9 Å². The Bertz CT molecular complexity index is 179. The van der Waals surface area contributed by atoms with Gasteiger partial charge in [0.1, 0.15) is 0 Å². The Labute approximate surface area is 69.5 Å². The number of hydrogen-bond donors (Lipinski definition) is 0. The lowest BCUT2D eigenvalue weighted by atomic mass is 10.1. The van der Waals surface area contributed by atoms with Gasteiger partial charge in [0.15, 0.2) is 0 Å². The Kier molecular flexibility index (Phi) is 4.51. The van der Waals surface area contributed by atoms with Gasteiger partial charge in [-0.3, -0.25) is 4.98 Å². The van der Waals surface area contributed by atoms with Crippen molar-refractivity contribution in [3.05, 3.63) is 30.1 Å². The summed E-state index contributed by atoms with van der Waals surface area (Å²) in [5.41, 5.74) is 1.19. The van der Waals surface area contributed by atoms with Gasteiger partial charge in [0, 0.05) is 11.9 Å². The summed E-state index contributed by atoms with van der Waals surface area (Å²) in [4.78, 5) is 4.22. The van der Waals surface area contributed by atoms with Gasteiger partial charge >= 0.3 is 0 Å². The summed E-state index contributed by atoms with van der Waals surface area (Å²) in [6.45, 7) is 4.41. The minimum absolute atomic E-state index is 0. The molecule has 0 spiro atoms. The molecule has 0 saturated carbocycles. The highest BCUT2D eigenvalue weighted by molar-refractivity contribution is 5.03. The zero-order valence-corrected chi connectivity index (χ0v) is 6.54. The van der Waals surface area contributed by atoms with E-state index in [1.54, 1.807) is 0 Å². The number of nitrogens with zero attached hydrogens (tertiary/aromatic N) is 1. The standard InChI is InChI=1S/C9H13N.CH4/c1-8(2)7-9-5-3-4-6-10-9;/h3-6,8H,7H2,1-2H3;1H4. The Balaban J connectivity index is 0.000001000. The molecule has 1 heterocycles. The van der Waals surface area contributed by atoms with Crippen molar-refractivity contribution in [3.63, 3.8) is 0 Å². The molecule has 1 heteroatoms. The molecule has 62 valence electrons. The fourth-order valence-corrected chi connectivity index (χ4v) is 0.937. The van der Waals surface area contributed by atoms with Gasteiger partial charge in [-0.1, -0.05) is 27.3 Å². The van der Waals surface area contributed by atoms with Crippen LogP contribution in [0.4, 0.5) is 0 Å². The Hall–Kier alpha value is -0.850. The Morgan fingerprint density at radius 1 is 1.36 bits per heavy atom. The maximum atomic E-state index is 4.22. The maximum Gasteiger partial charge on any atom is 0.0406 e. The third-order valence-corrected chi connectivity index (χ3v) is 1.34. The van der Waals surface area contributed by atoms with E-state index in [1.165, 1.54) is 5.69 Å². The summed E-state index contributed by atoms with van der Waals surface area (Å²) in [5.74, 6) is 0.704. The van der Waals surface area contributed by atoms with Crippen LogP contribution in [0.1, 0.15) is 27.0 Å². The normalized spacial score (nSPS) is 9.36. The van der Waals surface area contributed by atoms with Crippen LogP contribution in [0, 0.1) is 5.92 Å². The molecule has 0 N–H and O–H groups in total. The predicted molar refractivity (Wildman–Crippen MR) is 49.5 cm³/mol. The van der Waals surface area contributed by atoms with E-state index in [-0.39, 0.29) is 7.43 Å². The highest BCUT2D eigenvalue weighted by Crippen LogP contribution is 2.02. The van der Waals surface area contributed by atoms with Crippen LogP contribution in [0.25, 0.3) is 0 Å². The number of pyridine rings is 1. The zero-order chi connectivity index (χ0) is 7.40. The summed E-state index contributed by atoms with van der Waals surface area (Å²) in [5, 5.41) is 0. The smallest absolute Gasteiger partial charge is 0.0406 e. The van der Waals surface area contributed by atoms with Crippen molar-refractivity contribution >= 4 is 0 Å². The number of hydrogen-bond acceptors (Lipinski definition) is 1. The molecule has 0 unspecified atom stereocenters. The molecule has 1 aromatic rings.